The normalized spacial score (nSPS) is 21.5. The molecule has 0 bridgehead atoms. The van der Waals surface area contributed by atoms with E-state index in [1.165, 1.54) is 10.7 Å². The molecule has 2 aromatic rings. The number of hydrogen-bond donors (Lipinski definition) is 2. The molecular weight excluding hydrogens is 234 g/mol. The maximum Gasteiger partial charge on any atom is 0.409 e. The van der Waals surface area contributed by atoms with E-state index < -0.39 is 6.09 Å². The van der Waals surface area contributed by atoms with Crippen molar-refractivity contribution in [2.45, 2.75) is 12.3 Å². The summed E-state index contributed by atoms with van der Waals surface area (Å²) in [7, 11) is 0. The van der Waals surface area contributed by atoms with E-state index in [-0.39, 0.29) is 11.8 Å². The van der Waals surface area contributed by atoms with Crippen LogP contribution in [-0.2, 0) is 0 Å². The Morgan fingerprint density at radius 1 is 1.67 bits per heavy atom. The first-order valence-electron chi connectivity index (χ1n) is 5.43. The highest BCUT2D eigenvalue weighted by molar-refractivity contribution is 5.87. The lowest BCUT2D eigenvalue weighted by molar-refractivity contribution is 0.210. The molecule has 2 unspecified atom stereocenters. The Morgan fingerprint density at radius 2 is 2.50 bits per heavy atom. The zero-order valence-corrected chi connectivity index (χ0v) is 9.24. The summed E-state index contributed by atoms with van der Waals surface area (Å²) in [4.78, 5) is 15.0. The molecule has 2 atom stereocenters. The van der Waals surface area contributed by atoms with Crippen LogP contribution in [0.5, 0.6) is 0 Å². The summed E-state index contributed by atoms with van der Waals surface area (Å²) < 4.78 is 1.50. The maximum atomic E-state index is 10.6. The van der Waals surface area contributed by atoms with Gasteiger partial charge in [-0.3, -0.25) is 5.32 Å². The van der Waals surface area contributed by atoms with Gasteiger partial charge in [0.1, 0.15) is 5.69 Å². The van der Waals surface area contributed by atoms with Crippen LogP contribution in [0.2, 0.25) is 0 Å². The molecule has 1 aliphatic rings. The molecule has 1 saturated carbocycles. The first-order chi connectivity index (χ1) is 8.69. The Morgan fingerprint density at radius 3 is 3.17 bits per heavy atom. The smallest absolute Gasteiger partial charge is 0.409 e. The molecule has 2 aromatic heterocycles. The standard InChI is InChI=1S/C11H9N5O2/c12-4-6-3-7(6)8-1-2-16-10(14-8)9(5-13-16)15-11(17)18/h1-2,5-7,15H,3H2,(H,17,18). The zero-order chi connectivity index (χ0) is 12.7. The van der Waals surface area contributed by atoms with E-state index >= 15 is 0 Å². The molecule has 1 fully saturated rings. The third-order valence-corrected chi connectivity index (χ3v) is 2.97. The number of nitrogens with one attached hydrogen (secondary N) is 1. The highest BCUT2D eigenvalue weighted by Gasteiger charge is 2.39. The number of carbonyl (C=O) groups is 1. The van der Waals surface area contributed by atoms with Crippen LogP contribution in [0.15, 0.2) is 18.5 Å². The quantitative estimate of drug-likeness (QED) is 0.830. The van der Waals surface area contributed by atoms with Crippen LogP contribution in [0, 0.1) is 17.2 Å². The third kappa shape index (κ3) is 1.64. The molecule has 3 rings (SSSR count). The van der Waals surface area contributed by atoms with Crippen molar-refractivity contribution in [2.24, 2.45) is 5.92 Å². The van der Waals surface area contributed by atoms with Gasteiger partial charge in [0, 0.05) is 17.8 Å². The van der Waals surface area contributed by atoms with E-state index in [9.17, 15) is 4.79 Å². The van der Waals surface area contributed by atoms with E-state index in [0.717, 1.165) is 12.1 Å². The van der Waals surface area contributed by atoms with Crippen LogP contribution >= 0.6 is 0 Å². The van der Waals surface area contributed by atoms with Crippen LogP contribution < -0.4 is 5.32 Å². The highest BCUT2D eigenvalue weighted by Crippen LogP contribution is 2.46. The summed E-state index contributed by atoms with van der Waals surface area (Å²) >= 11 is 0. The molecule has 90 valence electrons. The van der Waals surface area contributed by atoms with Crippen molar-refractivity contribution in [3.05, 3.63) is 24.2 Å². The summed E-state index contributed by atoms with van der Waals surface area (Å²) in [6, 6.07) is 4.02. The van der Waals surface area contributed by atoms with Gasteiger partial charge in [-0.25, -0.2) is 14.3 Å². The number of nitrogens with zero attached hydrogens (tertiary/aromatic N) is 4. The van der Waals surface area contributed by atoms with Gasteiger partial charge in [0.2, 0.25) is 0 Å². The number of amides is 1. The largest absolute Gasteiger partial charge is 0.465 e. The summed E-state index contributed by atoms with van der Waals surface area (Å²) in [5.74, 6) is 0.186. The maximum absolute atomic E-state index is 10.6. The molecule has 7 nitrogen and oxygen atoms in total. The van der Waals surface area contributed by atoms with Crippen molar-refractivity contribution in [1.29, 1.82) is 5.26 Å². The van der Waals surface area contributed by atoms with E-state index in [2.05, 4.69) is 21.5 Å². The van der Waals surface area contributed by atoms with Gasteiger partial charge in [-0.15, -0.1) is 0 Å². The Hall–Kier alpha value is -2.62. The average molecular weight is 243 g/mol. The van der Waals surface area contributed by atoms with Crippen LogP contribution in [0.25, 0.3) is 5.65 Å². The van der Waals surface area contributed by atoms with Crippen molar-refractivity contribution in [1.82, 2.24) is 14.6 Å². The number of nitriles is 1. The zero-order valence-electron chi connectivity index (χ0n) is 9.24. The molecule has 0 saturated heterocycles. The predicted molar refractivity (Wildman–Crippen MR) is 61.1 cm³/mol. The van der Waals surface area contributed by atoms with Crippen molar-refractivity contribution < 1.29 is 9.90 Å². The molecule has 18 heavy (non-hydrogen) atoms. The minimum atomic E-state index is -1.15. The van der Waals surface area contributed by atoms with Gasteiger partial charge in [0.05, 0.1) is 18.2 Å². The van der Waals surface area contributed by atoms with Crippen molar-refractivity contribution in [3.63, 3.8) is 0 Å². The monoisotopic (exact) mass is 243 g/mol. The molecule has 0 aliphatic heterocycles. The van der Waals surface area contributed by atoms with E-state index in [1.807, 2.05) is 6.07 Å². The van der Waals surface area contributed by atoms with Gasteiger partial charge in [-0.2, -0.15) is 10.4 Å². The SMILES string of the molecule is N#CC1CC1c1ccn2ncc(NC(=O)O)c2n1. The van der Waals surface area contributed by atoms with Gasteiger partial charge in [-0.05, 0) is 12.5 Å². The molecule has 2 N–H and O–H groups in total. The van der Waals surface area contributed by atoms with Crippen molar-refractivity contribution >= 4 is 17.4 Å². The van der Waals surface area contributed by atoms with E-state index in [0.29, 0.717) is 11.3 Å². The van der Waals surface area contributed by atoms with E-state index in [4.69, 9.17) is 10.4 Å². The minimum Gasteiger partial charge on any atom is -0.465 e. The Bertz CT molecular complexity index is 672. The molecule has 1 amide bonds. The molecule has 0 aromatic carbocycles. The molecule has 1 aliphatic carbocycles. The van der Waals surface area contributed by atoms with E-state index in [1.54, 1.807) is 6.20 Å². The Balaban J connectivity index is 2.00. The lowest BCUT2D eigenvalue weighted by Gasteiger charge is -2.00. The lowest BCUT2D eigenvalue weighted by atomic mass is 10.2. The first-order valence-corrected chi connectivity index (χ1v) is 5.43. The summed E-state index contributed by atoms with van der Waals surface area (Å²) in [6.07, 6.45) is 2.79. The molecule has 0 radical (unpaired) electrons. The van der Waals surface area contributed by atoms with Crippen LogP contribution in [0.4, 0.5) is 10.5 Å². The average Bonchev–Trinajstić information content (AvgIpc) is 3.05. The summed E-state index contributed by atoms with van der Waals surface area (Å²) in [5, 5.41) is 23.7. The number of anilines is 1. The fourth-order valence-electron chi connectivity index (χ4n) is 1.96. The van der Waals surface area contributed by atoms with Crippen molar-refractivity contribution in [2.75, 3.05) is 5.32 Å². The summed E-state index contributed by atoms with van der Waals surface area (Å²) in [5.41, 5.74) is 1.61. The number of rotatable bonds is 2. The molecular formula is C11H9N5O2. The van der Waals surface area contributed by atoms with Gasteiger partial charge in [0.15, 0.2) is 5.65 Å². The number of aromatic nitrogens is 3. The Kier molecular flexibility index (Phi) is 2.16. The second kappa shape index (κ2) is 3.70. The number of hydrogen-bond acceptors (Lipinski definition) is 4. The molecule has 2 heterocycles. The fraction of sp³-hybridized carbons (Fsp3) is 0.273. The van der Waals surface area contributed by atoms with Gasteiger partial charge >= 0.3 is 6.09 Å². The topological polar surface area (TPSA) is 103 Å². The van der Waals surface area contributed by atoms with Gasteiger partial charge in [0.25, 0.3) is 0 Å². The van der Waals surface area contributed by atoms with Gasteiger partial charge < -0.3 is 5.11 Å². The Labute approximate surface area is 102 Å². The minimum absolute atomic E-state index is 0.0266. The van der Waals surface area contributed by atoms with Crippen LogP contribution in [-0.4, -0.2) is 25.8 Å². The van der Waals surface area contributed by atoms with Crippen LogP contribution in [0.3, 0.4) is 0 Å². The molecule has 0 spiro atoms. The number of carboxylic acid groups (broad SMARTS) is 1. The van der Waals surface area contributed by atoms with Crippen molar-refractivity contribution in [3.8, 4) is 6.07 Å². The second-order valence-electron chi connectivity index (χ2n) is 4.19. The second-order valence-corrected chi connectivity index (χ2v) is 4.19. The fourth-order valence-corrected chi connectivity index (χ4v) is 1.96. The predicted octanol–water partition coefficient (Wildman–Crippen LogP) is 1.45. The lowest BCUT2D eigenvalue weighted by Crippen LogP contribution is -2.07. The molecule has 7 heteroatoms. The van der Waals surface area contributed by atoms with Crippen LogP contribution in [0.1, 0.15) is 18.0 Å². The highest BCUT2D eigenvalue weighted by atomic mass is 16.4. The van der Waals surface area contributed by atoms with Gasteiger partial charge in [-0.1, -0.05) is 0 Å². The third-order valence-electron chi connectivity index (χ3n) is 2.97. The summed E-state index contributed by atoms with van der Waals surface area (Å²) in [6.45, 7) is 0. The number of fused-ring (bicyclic) bond motifs is 1. The first kappa shape index (κ1) is 10.5.